The molecule has 1 aromatic rings. The Morgan fingerprint density at radius 2 is 2.00 bits per heavy atom. The van der Waals surface area contributed by atoms with Crippen LogP contribution in [0.15, 0.2) is 18.2 Å². The molecule has 0 saturated carbocycles. The Kier molecular flexibility index (Phi) is 5.65. The van der Waals surface area contributed by atoms with Crippen LogP contribution in [0.1, 0.15) is 26.3 Å². The van der Waals surface area contributed by atoms with Crippen LogP contribution in [-0.4, -0.2) is 55.6 Å². The number of amides is 2. The molecule has 2 amide bonds. The maximum atomic E-state index is 12.1. The van der Waals surface area contributed by atoms with E-state index in [2.05, 4.69) is 36.3 Å². The topological polar surface area (TPSA) is 72.1 Å². The number of urea groups is 1. The fourth-order valence-corrected chi connectivity index (χ4v) is 3.31. The molecule has 25 heavy (non-hydrogen) atoms. The van der Waals surface area contributed by atoms with E-state index >= 15 is 0 Å². The summed E-state index contributed by atoms with van der Waals surface area (Å²) >= 11 is 0. The lowest BCUT2D eigenvalue weighted by atomic mass is 10.1. The molecule has 0 radical (unpaired) electrons. The fraction of sp³-hybridized carbons (Fsp3) is 0.611. The number of rotatable bonds is 5. The van der Waals surface area contributed by atoms with Crippen molar-refractivity contribution in [3.63, 3.8) is 0 Å². The molecule has 2 aliphatic rings. The summed E-state index contributed by atoms with van der Waals surface area (Å²) in [6.45, 7) is 9.30. The Morgan fingerprint density at radius 1 is 1.24 bits per heavy atom. The van der Waals surface area contributed by atoms with Crippen LogP contribution in [0.25, 0.3) is 0 Å². The molecule has 0 aliphatic carbocycles. The van der Waals surface area contributed by atoms with Gasteiger partial charge in [-0.15, -0.1) is 0 Å². The highest BCUT2D eigenvalue weighted by molar-refractivity contribution is 5.74. The average Bonchev–Trinajstić information content (AvgIpc) is 3.06. The van der Waals surface area contributed by atoms with Crippen LogP contribution >= 0.6 is 0 Å². The van der Waals surface area contributed by atoms with Crippen molar-refractivity contribution >= 4 is 6.03 Å². The third-order valence-electron chi connectivity index (χ3n) is 4.55. The highest BCUT2D eigenvalue weighted by Crippen LogP contribution is 2.35. The van der Waals surface area contributed by atoms with Gasteiger partial charge in [-0.2, -0.15) is 0 Å². The summed E-state index contributed by atoms with van der Waals surface area (Å²) in [4.78, 5) is 14.5. The zero-order chi connectivity index (χ0) is 17.8. The first-order chi connectivity index (χ1) is 12.0. The molecular weight excluding hydrogens is 322 g/mol. The van der Waals surface area contributed by atoms with Gasteiger partial charge >= 0.3 is 6.03 Å². The summed E-state index contributed by atoms with van der Waals surface area (Å²) in [7, 11) is 0. The van der Waals surface area contributed by atoms with Gasteiger partial charge < -0.3 is 24.8 Å². The van der Waals surface area contributed by atoms with Gasteiger partial charge in [-0.3, -0.25) is 4.90 Å². The van der Waals surface area contributed by atoms with E-state index in [-0.39, 0.29) is 31.1 Å². The molecular formula is C18H27N3O4. The van der Waals surface area contributed by atoms with Crippen LogP contribution in [0.5, 0.6) is 11.5 Å². The van der Waals surface area contributed by atoms with Gasteiger partial charge in [0.05, 0.1) is 12.2 Å². The van der Waals surface area contributed by atoms with Crippen molar-refractivity contribution in [2.45, 2.75) is 45.6 Å². The summed E-state index contributed by atoms with van der Waals surface area (Å²) in [5.41, 5.74) is 0.911. The van der Waals surface area contributed by atoms with Crippen molar-refractivity contribution in [2.75, 3.05) is 26.4 Å². The minimum atomic E-state index is -0.183. The van der Waals surface area contributed by atoms with Gasteiger partial charge in [0, 0.05) is 37.8 Å². The number of fused-ring (bicyclic) bond motifs is 1. The zero-order valence-electron chi connectivity index (χ0n) is 15.1. The summed E-state index contributed by atoms with van der Waals surface area (Å²) in [5.74, 6) is 1.44. The number of hydrogen-bond acceptors (Lipinski definition) is 5. The predicted molar refractivity (Wildman–Crippen MR) is 93.8 cm³/mol. The molecule has 0 spiro atoms. The normalized spacial score (nSPS) is 24.0. The maximum Gasteiger partial charge on any atom is 0.315 e. The van der Waals surface area contributed by atoms with Gasteiger partial charge in [0.1, 0.15) is 0 Å². The number of morpholine rings is 1. The Bertz CT molecular complexity index is 600. The van der Waals surface area contributed by atoms with Crippen molar-refractivity contribution < 1.29 is 19.0 Å². The Labute approximate surface area is 148 Å². The molecule has 7 nitrogen and oxygen atoms in total. The van der Waals surface area contributed by atoms with Gasteiger partial charge in [0.15, 0.2) is 11.5 Å². The Balaban J connectivity index is 1.43. The van der Waals surface area contributed by atoms with Crippen LogP contribution < -0.4 is 20.1 Å². The molecule has 3 atom stereocenters. The number of benzene rings is 1. The first-order valence-corrected chi connectivity index (χ1v) is 8.81. The summed E-state index contributed by atoms with van der Waals surface area (Å²) in [6.07, 6.45) is 0.449. The van der Waals surface area contributed by atoms with E-state index in [1.165, 1.54) is 0 Å². The second-order valence-corrected chi connectivity index (χ2v) is 6.77. The third-order valence-corrected chi connectivity index (χ3v) is 4.55. The van der Waals surface area contributed by atoms with E-state index in [0.29, 0.717) is 18.8 Å². The monoisotopic (exact) mass is 349 g/mol. The van der Waals surface area contributed by atoms with E-state index in [4.69, 9.17) is 14.2 Å². The second-order valence-electron chi connectivity index (χ2n) is 6.77. The quantitative estimate of drug-likeness (QED) is 0.847. The average molecular weight is 349 g/mol. The molecule has 1 fully saturated rings. The van der Waals surface area contributed by atoms with Gasteiger partial charge in [-0.05, 0) is 26.8 Å². The fourth-order valence-electron chi connectivity index (χ4n) is 3.31. The predicted octanol–water partition coefficient (Wildman–Crippen LogP) is 1.71. The van der Waals surface area contributed by atoms with E-state index in [9.17, 15) is 4.79 Å². The van der Waals surface area contributed by atoms with Crippen LogP contribution in [-0.2, 0) is 11.3 Å². The molecule has 2 heterocycles. The molecule has 0 unspecified atom stereocenters. The van der Waals surface area contributed by atoms with Crippen molar-refractivity contribution in [3.05, 3.63) is 23.8 Å². The first-order valence-electron chi connectivity index (χ1n) is 8.81. The van der Waals surface area contributed by atoms with Crippen molar-refractivity contribution in [2.24, 2.45) is 0 Å². The first kappa shape index (κ1) is 17.8. The molecule has 2 aliphatic heterocycles. The van der Waals surface area contributed by atoms with Gasteiger partial charge in [-0.25, -0.2) is 4.79 Å². The van der Waals surface area contributed by atoms with E-state index in [0.717, 1.165) is 24.4 Å². The number of nitrogens with zero attached hydrogens (tertiary/aromatic N) is 1. The minimum Gasteiger partial charge on any atom is -0.454 e. The third kappa shape index (κ3) is 4.55. The largest absolute Gasteiger partial charge is 0.454 e. The molecule has 138 valence electrons. The van der Waals surface area contributed by atoms with Crippen molar-refractivity contribution in [1.29, 1.82) is 0 Å². The molecule has 3 rings (SSSR count). The molecule has 2 N–H and O–H groups in total. The van der Waals surface area contributed by atoms with E-state index in [1.54, 1.807) is 0 Å². The molecule has 0 aromatic heterocycles. The highest BCUT2D eigenvalue weighted by atomic mass is 16.7. The maximum absolute atomic E-state index is 12.1. The number of para-hydroxylation sites is 1. The SMILES string of the molecule is C[C@@H]1CN([C@H](C)CNC(=O)NCc2cccc3c2OCO3)C[C@H](C)O1. The Morgan fingerprint density at radius 3 is 2.76 bits per heavy atom. The lowest BCUT2D eigenvalue weighted by molar-refractivity contribution is -0.0778. The Hall–Kier alpha value is -1.99. The van der Waals surface area contributed by atoms with Gasteiger partial charge in [-0.1, -0.05) is 12.1 Å². The molecule has 0 bridgehead atoms. The molecule has 1 saturated heterocycles. The van der Waals surface area contributed by atoms with E-state index < -0.39 is 0 Å². The summed E-state index contributed by atoms with van der Waals surface area (Å²) in [6, 6.07) is 5.76. The van der Waals surface area contributed by atoms with Crippen LogP contribution in [0, 0.1) is 0 Å². The number of carbonyl (C=O) groups excluding carboxylic acids is 1. The summed E-state index contributed by atoms with van der Waals surface area (Å²) in [5, 5.41) is 5.82. The van der Waals surface area contributed by atoms with E-state index in [1.807, 2.05) is 18.2 Å². The zero-order valence-corrected chi connectivity index (χ0v) is 15.1. The molecule has 1 aromatic carbocycles. The van der Waals surface area contributed by atoms with Crippen LogP contribution in [0.2, 0.25) is 0 Å². The highest BCUT2D eigenvalue weighted by Gasteiger charge is 2.25. The number of hydrogen-bond donors (Lipinski definition) is 2. The lowest BCUT2D eigenvalue weighted by Gasteiger charge is -2.38. The number of ether oxygens (including phenoxy) is 3. The van der Waals surface area contributed by atoms with Crippen LogP contribution in [0.4, 0.5) is 4.79 Å². The summed E-state index contributed by atoms with van der Waals surface area (Å²) < 4.78 is 16.5. The minimum absolute atomic E-state index is 0.183. The standard InChI is InChI=1S/C18H27N3O4/c1-12(21-9-13(2)25-14(3)10-21)7-19-18(22)20-8-15-5-4-6-16-17(15)24-11-23-16/h4-6,12-14H,7-11H2,1-3H3,(H2,19,20,22)/t12-,13-,14+/m1/s1. The van der Waals surface area contributed by atoms with Crippen molar-refractivity contribution in [3.8, 4) is 11.5 Å². The van der Waals surface area contributed by atoms with Gasteiger partial charge in [0.25, 0.3) is 0 Å². The number of nitrogens with one attached hydrogen (secondary N) is 2. The second kappa shape index (κ2) is 7.93. The smallest absolute Gasteiger partial charge is 0.315 e. The van der Waals surface area contributed by atoms with Gasteiger partial charge in [0.2, 0.25) is 6.79 Å². The number of carbonyl (C=O) groups is 1. The van der Waals surface area contributed by atoms with Crippen LogP contribution in [0.3, 0.4) is 0 Å². The van der Waals surface area contributed by atoms with Crippen molar-refractivity contribution in [1.82, 2.24) is 15.5 Å². The lowest BCUT2D eigenvalue weighted by Crippen LogP contribution is -2.52. The molecule has 7 heteroatoms.